The standard InChI is InChI=1S/C29H21F3N2O4/c1-36-26-15-23-24(16-27(26)37-2)33-12-11-25(23)38-22-10-6-17-5-9-21(13-19(17)14-22)34-28(35)18-3-7-20(8-4-18)29(30,31)32/h3-16H,1-2H3,(H,34,35). The van der Waals surface area contributed by atoms with E-state index in [0.29, 0.717) is 34.2 Å². The number of ether oxygens (including phenoxy) is 3. The molecular formula is C29H21F3N2O4. The van der Waals surface area contributed by atoms with Gasteiger partial charge >= 0.3 is 6.18 Å². The molecule has 192 valence electrons. The van der Waals surface area contributed by atoms with E-state index in [4.69, 9.17) is 14.2 Å². The Morgan fingerprint density at radius 2 is 1.50 bits per heavy atom. The Kier molecular flexibility index (Phi) is 6.50. The van der Waals surface area contributed by atoms with E-state index in [9.17, 15) is 18.0 Å². The SMILES string of the molecule is COc1cc2nccc(Oc3ccc4ccc(NC(=O)c5ccc(C(F)(F)F)cc5)cc4c3)c2cc1OC. The lowest BCUT2D eigenvalue weighted by molar-refractivity contribution is -0.137. The Labute approximate surface area is 215 Å². The maximum Gasteiger partial charge on any atom is 0.416 e. The summed E-state index contributed by atoms with van der Waals surface area (Å²) < 4.78 is 55.4. The number of carbonyl (C=O) groups excluding carboxylic acids is 1. The lowest BCUT2D eigenvalue weighted by Crippen LogP contribution is -2.12. The number of amides is 1. The number of carbonyl (C=O) groups is 1. The average molecular weight is 518 g/mol. The van der Waals surface area contributed by atoms with Crippen LogP contribution in [-0.2, 0) is 6.18 Å². The maximum absolute atomic E-state index is 12.8. The maximum atomic E-state index is 12.8. The van der Waals surface area contributed by atoms with E-state index in [0.717, 1.165) is 40.4 Å². The fourth-order valence-corrected chi connectivity index (χ4v) is 4.04. The number of hydrogen-bond donors (Lipinski definition) is 1. The van der Waals surface area contributed by atoms with Gasteiger partial charge in [-0.3, -0.25) is 9.78 Å². The molecule has 5 aromatic rings. The highest BCUT2D eigenvalue weighted by Gasteiger charge is 2.30. The van der Waals surface area contributed by atoms with Crippen molar-refractivity contribution >= 4 is 33.3 Å². The minimum Gasteiger partial charge on any atom is -0.493 e. The molecule has 5 rings (SSSR count). The molecule has 0 saturated heterocycles. The molecule has 0 aliphatic carbocycles. The van der Waals surface area contributed by atoms with Crippen molar-refractivity contribution in [3.05, 3.63) is 96.2 Å². The van der Waals surface area contributed by atoms with Crippen molar-refractivity contribution in [3.8, 4) is 23.0 Å². The van der Waals surface area contributed by atoms with Crippen molar-refractivity contribution in [1.82, 2.24) is 4.98 Å². The summed E-state index contributed by atoms with van der Waals surface area (Å²) in [6, 6.07) is 20.2. The minimum absolute atomic E-state index is 0.117. The number of hydrogen-bond acceptors (Lipinski definition) is 5. The van der Waals surface area contributed by atoms with Gasteiger partial charge in [0.25, 0.3) is 5.91 Å². The predicted octanol–water partition coefficient (Wildman–Crippen LogP) is 7.47. The van der Waals surface area contributed by atoms with Crippen LogP contribution in [0.5, 0.6) is 23.0 Å². The number of anilines is 1. The fraction of sp³-hybridized carbons (Fsp3) is 0.103. The second-order valence-corrected chi connectivity index (χ2v) is 8.39. The Bertz CT molecular complexity index is 1650. The normalized spacial score (nSPS) is 11.4. The molecule has 1 amide bonds. The van der Waals surface area contributed by atoms with E-state index >= 15 is 0 Å². The van der Waals surface area contributed by atoms with Crippen LogP contribution in [0.15, 0.2) is 85.1 Å². The molecule has 0 radical (unpaired) electrons. The minimum atomic E-state index is -4.46. The van der Waals surface area contributed by atoms with Crippen LogP contribution in [0.25, 0.3) is 21.7 Å². The van der Waals surface area contributed by atoms with Crippen LogP contribution in [0, 0.1) is 0 Å². The lowest BCUT2D eigenvalue weighted by atomic mass is 10.1. The molecule has 0 spiro atoms. The second kappa shape index (κ2) is 9.93. The molecule has 0 unspecified atom stereocenters. The van der Waals surface area contributed by atoms with Gasteiger partial charge in [0.15, 0.2) is 11.5 Å². The van der Waals surface area contributed by atoms with Crippen LogP contribution in [0.4, 0.5) is 18.9 Å². The number of methoxy groups -OCH3 is 2. The summed E-state index contributed by atoms with van der Waals surface area (Å²) in [5, 5.41) is 5.18. The van der Waals surface area contributed by atoms with Gasteiger partial charge in [0.1, 0.15) is 11.5 Å². The topological polar surface area (TPSA) is 69.7 Å². The highest BCUT2D eigenvalue weighted by atomic mass is 19.4. The smallest absolute Gasteiger partial charge is 0.416 e. The molecule has 6 nitrogen and oxygen atoms in total. The summed E-state index contributed by atoms with van der Waals surface area (Å²) in [7, 11) is 3.11. The monoisotopic (exact) mass is 518 g/mol. The van der Waals surface area contributed by atoms with Gasteiger partial charge in [0, 0.05) is 28.9 Å². The Hall–Kier alpha value is -4.79. The number of nitrogens with one attached hydrogen (secondary N) is 1. The largest absolute Gasteiger partial charge is 0.493 e. The van der Waals surface area contributed by atoms with E-state index in [1.807, 2.05) is 24.3 Å². The first-order valence-corrected chi connectivity index (χ1v) is 11.5. The van der Waals surface area contributed by atoms with Crippen molar-refractivity contribution < 1.29 is 32.2 Å². The van der Waals surface area contributed by atoms with Crippen LogP contribution in [0.1, 0.15) is 15.9 Å². The fourth-order valence-electron chi connectivity index (χ4n) is 4.04. The van der Waals surface area contributed by atoms with Crippen molar-refractivity contribution in [2.24, 2.45) is 0 Å². The number of alkyl halides is 3. The third-order valence-corrected chi connectivity index (χ3v) is 5.98. The number of rotatable bonds is 6. The van der Waals surface area contributed by atoms with Gasteiger partial charge in [-0.1, -0.05) is 12.1 Å². The Morgan fingerprint density at radius 3 is 2.21 bits per heavy atom. The molecule has 38 heavy (non-hydrogen) atoms. The summed E-state index contributed by atoms with van der Waals surface area (Å²) >= 11 is 0. The first kappa shape index (κ1) is 24.9. The van der Waals surface area contributed by atoms with Gasteiger partial charge in [-0.25, -0.2) is 0 Å². The molecule has 4 aromatic carbocycles. The van der Waals surface area contributed by atoms with Gasteiger partial charge in [-0.15, -0.1) is 0 Å². The number of aromatic nitrogens is 1. The van der Waals surface area contributed by atoms with Gasteiger partial charge in [0.2, 0.25) is 0 Å². The molecule has 1 aromatic heterocycles. The van der Waals surface area contributed by atoms with Gasteiger partial charge in [0.05, 0.1) is 25.3 Å². The van der Waals surface area contributed by atoms with Gasteiger partial charge < -0.3 is 19.5 Å². The summed E-state index contributed by atoms with van der Waals surface area (Å²) in [6.45, 7) is 0. The molecule has 0 aliphatic rings. The Morgan fingerprint density at radius 1 is 0.789 bits per heavy atom. The summed E-state index contributed by atoms with van der Waals surface area (Å²) in [5.41, 5.74) is 0.471. The average Bonchev–Trinajstić information content (AvgIpc) is 2.92. The molecule has 0 atom stereocenters. The zero-order valence-electron chi connectivity index (χ0n) is 20.3. The van der Waals surface area contributed by atoms with Crippen molar-refractivity contribution in [1.29, 1.82) is 0 Å². The van der Waals surface area contributed by atoms with Crippen molar-refractivity contribution in [2.75, 3.05) is 19.5 Å². The highest BCUT2D eigenvalue weighted by molar-refractivity contribution is 6.05. The molecule has 0 fully saturated rings. The molecule has 1 heterocycles. The molecule has 0 aliphatic heterocycles. The van der Waals surface area contributed by atoms with Crippen LogP contribution < -0.4 is 19.5 Å². The van der Waals surface area contributed by atoms with E-state index in [1.54, 1.807) is 50.7 Å². The number of pyridine rings is 1. The van der Waals surface area contributed by atoms with E-state index in [1.165, 1.54) is 0 Å². The first-order chi connectivity index (χ1) is 18.2. The molecule has 0 bridgehead atoms. The quantitative estimate of drug-likeness (QED) is 0.253. The second-order valence-electron chi connectivity index (χ2n) is 8.39. The predicted molar refractivity (Wildman–Crippen MR) is 138 cm³/mol. The van der Waals surface area contributed by atoms with Crippen molar-refractivity contribution in [2.45, 2.75) is 6.18 Å². The molecule has 9 heteroatoms. The van der Waals surface area contributed by atoms with Crippen molar-refractivity contribution in [3.63, 3.8) is 0 Å². The lowest BCUT2D eigenvalue weighted by Gasteiger charge is -2.13. The highest BCUT2D eigenvalue weighted by Crippen LogP contribution is 2.37. The third-order valence-electron chi connectivity index (χ3n) is 5.98. The first-order valence-electron chi connectivity index (χ1n) is 11.5. The molecule has 1 N–H and O–H groups in total. The van der Waals surface area contributed by atoms with E-state index in [-0.39, 0.29) is 5.56 Å². The summed E-state index contributed by atoms with van der Waals surface area (Å²) in [6.07, 6.45) is -2.83. The van der Waals surface area contributed by atoms with E-state index < -0.39 is 17.6 Å². The number of halogens is 3. The third kappa shape index (κ3) is 5.04. The Balaban J connectivity index is 1.40. The van der Waals surface area contributed by atoms with Crippen LogP contribution in [-0.4, -0.2) is 25.1 Å². The summed E-state index contributed by atoms with van der Waals surface area (Å²) in [5.74, 6) is 1.72. The summed E-state index contributed by atoms with van der Waals surface area (Å²) in [4.78, 5) is 17.0. The van der Waals surface area contributed by atoms with Gasteiger partial charge in [-0.2, -0.15) is 13.2 Å². The number of benzene rings is 4. The van der Waals surface area contributed by atoms with Crippen LogP contribution in [0.2, 0.25) is 0 Å². The molecule has 0 saturated carbocycles. The van der Waals surface area contributed by atoms with Crippen LogP contribution in [0.3, 0.4) is 0 Å². The number of nitrogens with zero attached hydrogens (tertiary/aromatic N) is 1. The zero-order chi connectivity index (χ0) is 26.9. The van der Waals surface area contributed by atoms with Gasteiger partial charge in [-0.05, 0) is 71.4 Å². The molecular weight excluding hydrogens is 497 g/mol. The zero-order valence-corrected chi connectivity index (χ0v) is 20.3. The number of fused-ring (bicyclic) bond motifs is 2. The van der Waals surface area contributed by atoms with E-state index in [2.05, 4.69) is 10.3 Å². The van der Waals surface area contributed by atoms with Crippen LogP contribution >= 0.6 is 0 Å².